The lowest BCUT2D eigenvalue weighted by atomic mass is 10.2. The zero-order valence-electron chi connectivity index (χ0n) is 14.5. The van der Waals surface area contributed by atoms with Crippen LogP contribution in [0.15, 0.2) is 71.5 Å². The monoisotopic (exact) mass is 351 g/mol. The van der Waals surface area contributed by atoms with Gasteiger partial charge in [0, 0.05) is 11.9 Å². The van der Waals surface area contributed by atoms with Crippen LogP contribution in [0.4, 0.5) is 10.5 Å². The Labute approximate surface area is 152 Å². The maximum Gasteiger partial charge on any atom is 0.319 e. The molecule has 0 bridgehead atoms. The van der Waals surface area contributed by atoms with Gasteiger partial charge in [0.05, 0.1) is 24.6 Å². The minimum atomic E-state index is -0.281. The number of nitrogens with one attached hydrogen (secondary N) is 2. The van der Waals surface area contributed by atoms with Gasteiger partial charge in [0.2, 0.25) is 0 Å². The summed E-state index contributed by atoms with van der Waals surface area (Å²) in [7, 11) is 0. The van der Waals surface area contributed by atoms with Crippen molar-refractivity contribution in [1.82, 2.24) is 10.3 Å². The molecule has 26 heavy (non-hydrogen) atoms. The van der Waals surface area contributed by atoms with E-state index in [0.29, 0.717) is 18.9 Å². The first-order chi connectivity index (χ1) is 12.7. The SMILES string of the molecule is C[C@H](NC(=O)Nc1cccc(COCc2ccco2)c1)c1ccccn1. The molecule has 2 amide bonds. The van der Waals surface area contributed by atoms with E-state index in [0.717, 1.165) is 17.0 Å². The molecule has 6 heteroatoms. The number of hydrogen-bond acceptors (Lipinski definition) is 4. The van der Waals surface area contributed by atoms with Crippen LogP contribution in [0.3, 0.4) is 0 Å². The minimum Gasteiger partial charge on any atom is -0.467 e. The molecule has 2 aromatic heterocycles. The Hall–Kier alpha value is -3.12. The van der Waals surface area contributed by atoms with E-state index in [1.807, 2.05) is 61.5 Å². The first-order valence-corrected chi connectivity index (χ1v) is 8.38. The zero-order chi connectivity index (χ0) is 18.2. The van der Waals surface area contributed by atoms with Gasteiger partial charge in [-0.15, -0.1) is 0 Å². The third-order valence-corrected chi connectivity index (χ3v) is 3.76. The van der Waals surface area contributed by atoms with E-state index in [4.69, 9.17) is 9.15 Å². The van der Waals surface area contributed by atoms with E-state index in [2.05, 4.69) is 15.6 Å². The number of furan rings is 1. The lowest BCUT2D eigenvalue weighted by Gasteiger charge is -2.14. The van der Waals surface area contributed by atoms with E-state index in [1.54, 1.807) is 12.5 Å². The summed E-state index contributed by atoms with van der Waals surface area (Å²) >= 11 is 0. The topological polar surface area (TPSA) is 76.4 Å². The molecule has 0 saturated carbocycles. The first-order valence-electron chi connectivity index (χ1n) is 8.38. The molecule has 0 aliphatic heterocycles. The number of anilines is 1. The van der Waals surface area contributed by atoms with E-state index < -0.39 is 0 Å². The highest BCUT2D eigenvalue weighted by Crippen LogP contribution is 2.14. The van der Waals surface area contributed by atoms with Crippen LogP contribution in [-0.2, 0) is 18.0 Å². The minimum absolute atomic E-state index is 0.184. The van der Waals surface area contributed by atoms with Crippen LogP contribution in [0.2, 0.25) is 0 Å². The van der Waals surface area contributed by atoms with E-state index in [-0.39, 0.29) is 12.1 Å². The number of hydrogen-bond donors (Lipinski definition) is 2. The van der Waals surface area contributed by atoms with Crippen molar-refractivity contribution in [2.24, 2.45) is 0 Å². The molecular formula is C20H21N3O3. The molecule has 0 radical (unpaired) electrons. The molecule has 134 valence electrons. The third-order valence-electron chi connectivity index (χ3n) is 3.76. The van der Waals surface area contributed by atoms with Crippen molar-refractivity contribution in [3.05, 3.63) is 84.1 Å². The summed E-state index contributed by atoms with van der Waals surface area (Å²) in [5, 5.41) is 5.70. The number of carbonyl (C=O) groups excluding carboxylic acids is 1. The maximum absolute atomic E-state index is 12.2. The van der Waals surface area contributed by atoms with Crippen LogP contribution in [0, 0.1) is 0 Å². The highest BCUT2D eigenvalue weighted by atomic mass is 16.5. The largest absolute Gasteiger partial charge is 0.467 e. The van der Waals surface area contributed by atoms with Gasteiger partial charge >= 0.3 is 6.03 Å². The Morgan fingerprint density at radius 1 is 1.15 bits per heavy atom. The van der Waals surface area contributed by atoms with Crippen LogP contribution in [0.5, 0.6) is 0 Å². The fourth-order valence-electron chi connectivity index (χ4n) is 2.47. The predicted octanol–water partition coefficient (Wildman–Crippen LogP) is 4.27. The lowest BCUT2D eigenvalue weighted by Crippen LogP contribution is -2.31. The Balaban J connectivity index is 1.50. The zero-order valence-corrected chi connectivity index (χ0v) is 14.5. The summed E-state index contributed by atoms with van der Waals surface area (Å²) in [5.41, 5.74) is 2.48. The number of amides is 2. The van der Waals surface area contributed by atoms with Crippen molar-refractivity contribution in [3.63, 3.8) is 0 Å². The van der Waals surface area contributed by atoms with Gasteiger partial charge in [0.1, 0.15) is 12.4 Å². The second kappa shape index (κ2) is 8.82. The number of ether oxygens (including phenoxy) is 1. The molecule has 2 heterocycles. The van der Waals surface area contributed by atoms with Gasteiger partial charge in [0.15, 0.2) is 0 Å². The highest BCUT2D eigenvalue weighted by Gasteiger charge is 2.10. The Morgan fingerprint density at radius 3 is 2.85 bits per heavy atom. The van der Waals surface area contributed by atoms with E-state index in [9.17, 15) is 4.79 Å². The molecule has 1 aromatic carbocycles. The summed E-state index contributed by atoms with van der Waals surface area (Å²) in [6.07, 6.45) is 3.32. The summed E-state index contributed by atoms with van der Waals surface area (Å²) in [6, 6.07) is 16.4. The van der Waals surface area contributed by atoms with Crippen molar-refractivity contribution in [1.29, 1.82) is 0 Å². The molecular weight excluding hydrogens is 330 g/mol. The molecule has 3 aromatic rings. The smallest absolute Gasteiger partial charge is 0.319 e. The predicted molar refractivity (Wildman–Crippen MR) is 98.4 cm³/mol. The molecule has 2 N–H and O–H groups in total. The molecule has 0 saturated heterocycles. The van der Waals surface area contributed by atoms with Gasteiger partial charge in [-0.2, -0.15) is 0 Å². The van der Waals surface area contributed by atoms with Crippen LogP contribution in [-0.4, -0.2) is 11.0 Å². The van der Waals surface area contributed by atoms with Crippen LogP contribution < -0.4 is 10.6 Å². The first kappa shape index (κ1) is 17.7. The average molecular weight is 351 g/mol. The van der Waals surface area contributed by atoms with Crippen molar-refractivity contribution < 1.29 is 13.9 Å². The fourth-order valence-corrected chi connectivity index (χ4v) is 2.47. The summed E-state index contributed by atoms with van der Waals surface area (Å²) in [4.78, 5) is 16.4. The Morgan fingerprint density at radius 2 is 2.08 bits per heavy atom. The van der Waals surface area contributed by atoms with Crippen LogP contribution in [0.1, 0.15) is 30.0 Å². The third kappa shape index (κ3) is 5.19. The Bertz CT molecular complexity index is 819. The molecule has 3 rings (SSSR count). The molecule has 0 aliphatic rings. The average Bonchev–Trinajstić information content (AvgIpc) is 3.16. The van der Waals surface area contributed by atoms with E-state index in [1.165, 1.54) is 0 Å². The number of benzene rings is 1. The van der Waals surface area contributed by atoms with Crippen molar-refractivity contribution >= 4 is 11.7 Å². The summed E-state index contributed by atoms with van der Waals surface area (Å²) in [6.45, 7) is 2.73. The lowest BCUT2D eigenvalue weighted by molar-refractivity contribution is 0.0930. The van der Waals surface area contributed by atoms with Crippen LogP contribution >= 0.6 is 0 Å². The molecule has 6 nitrogen and oxygen atoms in total. The normalized spacial score (nSPS) is 11.7. The van der Waals surface area contributed by atoms with Crippen LogP contribution in [0.25, 0.3) is 0 Å². The molecule has 0 unspecified atom stereocenters. The molecule has 0 aliphatic carbocycles. The quantitative estimate of drug-likeness (QED) is 0.666. The number of pyridine rings is 1. The van der Waals surface area contributed by atoms with E-state index >= 15 is 0 Å². The van der Waals surface area contributed by atoms with Gasteiger partial charge in [-0.05, 0) is 48.9 Å². The summed E-state index contributed by atoms with van der Waals surface area (Å²) in [5.74, 6) is 0.780. The summed E-state index contributed by atoms with van der Waals surface area (Å²) < 4.78 is 10.8. The Kier molecular flexibility index (Phi) is 6.01. The maximum atomic E-state index is 12.2. The standard InChI is InChI=1S/C20H21N3O3/c1-15(19-9-2-3-10-21-19)22-20(24)23-17-7-4-6-16(12-17)13-25-14-18-8-5-11-26-18/h2-12,15H,13-14H2,1H3,(H2,22,23,24)/t15-/m0/s1. The second-order valence-electron chi connectivity index (χ2n) is 5.85. The second-order valence-corrected chi connectivity index (χ2v) is 5.85. The number of rotatable bonds is 7. The molecule has 1 atom stereocenters. The van der Waals surface area contributed by atoms with Crippen molar-refractivity contribution in [3.8, 4) is 0 Å². The number of aromatic nitrogens is 1. The number of urea groups is 1. The van der Waals surface area contributed by atoms with Gasteiger partial charge in [-0.25, -0.2) is 4.79 Å². The molecule has 0 fully saturated rings. The van der Waals surface area contributed by atoms with Crippen molar-refractivity contribution in [2.75, 3.05) is 5.32 Å². The van der Waals surface area contributed by atoms with Crippen molar-refractivity contribution in [2.45, 2.75) is 26.2 Å². The van der Waals surface area contributed by atoms with Gasteiger partial charge in [-0.1, -0.05) is 18.2 Å². The highest BCUT2D eigenvalue weighted by molar-refractivity contribution is 5.89. The fraction of sp³-hybridized carbons (Fsp3) is 0.200. The van der Waals surface area contributed by atoms with Gasteiger partial charge < -0.3 is 19.8 Å². The van der Waals surface area contributed by atoms with Gasteiger partial charge in [-0.3, -0.25) is 4.98 Å². The molecule has 0 spiro atoms. The van der Waals surface area contributed by atoms with Gasteiger partial charge in [0.25, 0.3) is 0 Å². The number of carbonyl (C=O) groups is 1. The number of nitrogens with zero attached hydrogens (tertiary/aromatic N) is 1.